The zero-order valence-electron chi connectivity index (χ0n) is 12.9. The average Bonchev–Trinajstić information content (AvgIpc) is 3.24. The van der Waals surface area contributed by atoms with Crippen LogP contribution in [-0.4, -0.2) is 46.7 Å². The molecule has 0 saturated carbocycles. The van der Waals surface area contributed by atoms with E-state index in [1.807, 2.05) is 29.6 Å². The monoisotopic (exact) mass is 343 g/mol. The summed E-state index contributed by atoms with van der Waals surface area (Å²) in [6.45, 7) is 2.92. The lowest BCUT2D eigenvalue weighted by Gasteiger charge is -2.23. The van der Waals surface area contributed by atoms with E-state index in [9.17, 15) is 4.79 Å². The van der Waals surface area contributed by atoms with Crippen molar-refractivity contribution in [1.82, 2.24) is 20.3 Å². The van der Waals surface area contributed by atoms with E-state index in [-0.39, 0.29) is 12.0 Å². The number of nitrogens with one attached hydrogen (secondary N) is 2. The van der Waals surface area contributed by atoms with Crippen molar-refractivity contribution < 1.29 is 9.53 Å². The third kappa shape index (κ3) is 3.30. The van der Waals surface area contributed by atoms with E-state index in [1.165, 1.54) is 4.70 Å². The first kappa shape index (κ1) is 15.3. The van der Waals surface area contributed by atoms with Gasteiger partial charge in [-0.1, -0.05) is 5.21 Å². The van der Waals surface area contributed by atoms with Crippen molar-refractivity contribution in [2.24, 2.45) is 0 Å². The Kier molecular flexibility index (Phi) is 4.24. The summed E-state index contributed by atoms with van der Waals surface area (Å²) in [7, 11) is 0. The Morgan fingerprint density at radius 1 is 1.46 bits per heavy atom. The Morgan fingerprint density at radius 2 is 2.42 bits per heavy atom. The summed E-state index contributed by atoms with van der Waals surface area (Å²) in [6, 6.07) is 7.88. The van der Waals surface area contributed by atoms with Crippen molar-refractivity contribution >= 4 is 33.0 Å². The standard InChI is InChI=1S/C16H17N5O2S/c22-16(18-12-1-2-15-11(7-12)3-6-24-15)14-10-21(20-19-14)9-13-8-17-4-5-23-13/h1-3,6-7,10,13,17H,4-5,8-9H2,(H,18,22). The van der Waals surface area contributed by atoms with Crippen molar-refractivity contribution in [1.29, 1.82) is 0 Å². The number of carbonyl (C=O) groups excluding carboxylic acids is 1. The SMILES string of the molecule is O=C(Nc1ccc2sccc2c1)c1cn(CC2CNCCO2)nn1. The fourth-order valence-electron chi connectivity index (χ4n) is 2.68. The summed E-state index contributed by atoms with van der Waals surface area (Å²) in [5.74, 6) is -0.265. The van der Waals surface area contributed by atoms with E-state index in [4.69, 9.17) is 4.74 Å². The maximum absolute atomic E-state index is 12.3. The van der Waals surface area contributed by atoms with Gasteiger partial charge in [-0.25, -0.2) is 4.68 Å². The van der Waals surface area contributed by atoms with Gasteiger partial charge in [-0.05, 0) is 35.0 Å². The van der Waals surface area contributed by atoms with Gasteiger partial charge in [0.25, 0.3) is 5.91 Å². The molecule has 0 spiro atoms. The Morgan fingerprint density at radius 3 is 3.29 bits per heavy atom. The summed E-state index contributed by atoms with van der Waals surface area (Å²) < 4.78 is 8.47. The minimum absolute atomic E-state index is 0.0531. The van der Waals surface area contributed by atoms with Crippen molar-refractivity contribution in [2.45, 2.75) is 12.6 Å². The predicted molar refractivity (Wildman–Crippen MR) is 92.4 cm³/mol. The quantitative estimate of drug-likeness (QED) is 0.754. The molecule has 24 heavy (non-hydrogen) atoms. The third-order valence-electron chi connectivity index (χ3n) is 3.88. The highest BCUT2D eigenvalue weighted by Crippen LogP contribution is 2.24. The molecule has 1 aliphatic heterocycles. The molecule has 3 heterocycles. The van der Waals surface area contributed by atoms with E-state index in [1.54, 1.807) is 22.2 Å². The van der Waals surface area contributed by atoms with Crippen LogP contribution in [0.25, 0.3) is 10.1 Å². The molecule has 8 heteroatoms. The fraction of sp³-hybridized carbons (Fsp3) is 0.312. The molecule has 1 unspecified atom stereocenters. The Labute approximate surface area is 142 Å². The van der Waals surface area contributed by atoms with Gasteiger partial charge < -0.3 is 15.4 Å². The molecule has 124 valence electrons. The zero-order valence-corrected chi connectivity index (χ0v) is 13.8. The number of nitrogens with zero attached hydrogens (tertiary/aromatic N) is 3. The molecule has 7 nitrogen and oxygen atoms in total. The maximum atomic E-state index is 12.3. The smallest absolute Gasteiger partial charge is 0.277 e. The average molecular weight is 343 g/mol. The van der Waals surface area contributed by atoms with E-state index >= 15 is 0 Å². The number of amides is 1. The van der Waals surface area contributed by atoms with Crippen LogP contribution in [-0.2, 0) is 11.3 Å². The lowest BCUT2D eigenvalue weighted by atomic mass is 10.2. The number of benzene rings is 1. The minimum Gasteiger partial charge on any atom is -0.374 e. The van der Waals surface area contributed by atoms with Gasteiger partial charge in [-0.3, -0.25) is 4.79 Å². The second-order valence-electron chi connectivity index (χ2n) is 5.65. The molecule has 4 rings (SSSR count). The van der Waals surface area contributed by atoms with Crippen LogP contribution in [0.2, 0.25) is 0 Å². The zero-order chi connectivity index (χ0) is 16.4. The number of ether oxygens (including phenoxy) is 1. The number of hydrogen-bond acceptors (Lipinski definition) is 6. The van der Waals surface area contributed by atoms with Crippen LogP contribution < -0.4 is 10.6 Å². The van der Waals surface area contributed by atoms with Crippen LogP contribution >= 0.6 is 11.3 Å². The van der Waals surface area contributed by atoms with Gasteiger partial charge in [0.2, 0.25) is 0 Å². The van der Waals surface area contributed by atoms with Crippen LogP contribution in [0.4, 0.5) is 5.69 Å². The first-order chi connectivity index (χ1) is 11.8. The molecule has 1 atom stereocenters. The molecule has 0 radical (unpaired) electrons. The molecule has 2 N–H and O–H groups in total. The number of morpholine rings is 1. The Balaban J connectivity index is 1.42. The summed E-state index contributed by atoms with van der Waals surface area (Å²) in [5, 5.41) is 17.2. The second-order valence-corrected chi connectivity index (χ2v) is 6.60. The molecule has 0 bridgehead atoms. The fourth-order valence-corrected chi connectivity index (χ4v) is 3.45. The molecule has 0 aliphatic carbocycles. The molecule has 3 aromatic rings. The van der Waals surface area contributed by atoms with Gasteiger partial charge in [-0.15, -0.1) is 16.4 Å². The van der Waals surface area contributed by atoms with Gasteiger partial charge in [0, 0.05) is 23.5 Å². The van der Waals surface area contributed by atoms with Gasteiger partial charge >= 0.3 is 0 Å². The highest BCUT2D eigenvalue weighted by atomic mass is 32.1. The van der Waals surface area contributed by atoms with E-state index in [0.29, 0.717) is 18.8 Å². The Hall–Kier alpha value is -2.29. The second kappa shape index (κ2) is 6.68. The topological polar surface area (TPSA) is 81.1 Å². The first-order valence-electron chi connectivity index (χ1n) is 7.79. The molecular formula is C16H17N5O2S. The number of hydrogen-bond donors (Lipinski definition) is 2. The van der Waals surface area contributed by atoms with E-state index in [0.717, 1.165) is 24.2 Å². The lowest BCUT2D eigenvalue weighted by molar-refractivity contribution is 0.0158. The van der Waals surface area contributed by atoms with Crippen molar-refractivity contribution in [2.75, 3.05) is 25.0 Å². The summed E-state index contributed by atoms with van der Waals surface area (Å²) in [5.41, 5.74) is 1.05. The van der Waals surface area contributed by atoms with Crippen LogP contribution in [0.3, 0.4) is 0 Å². The maximum Gasteiger partial charge on any atom is 0.277 e. The summed E-state index contributed by atoms with van der Waals surface area (Å²) >= 11 is 1.68. The highest BCUT2D eigenvalue weighted by Gasteiger charge is 2.17. The Bertz CT molecular complexity index is 853. The molecule has 1 aliphatic rings. The normalized spacial score (nSPS) is 17.9. The van der Waals surface area contributed by atoms with Gasteiger partial charge in [0.15, 0.2) is 5.69 Å². The van der Waals surface area contributed by atoms with Crippen molar-refractivity contribution in [3.8, 4) is 0 Å². The van der Waals surface area contributed by atoms with Gasteiger partial charge in [0.1, 0.15) is 0 Å². The van der Waals surface area contributed by atoms with Crippen molar-refractivity contribution in [3.63, 3.8) is 0 Å². The highest BCUT2D eigenvalue weighted by molar-refractivity contribution is 7.17. The number of thiophene rings is 1. The predicted octanol–water partition coefficient (Wildman–Crippen LogP) is 1.73. The van der Waals surface area contributed by atoms with Gasteiger partial charge in [0.05, 0.1) is 25.5 Å². The number of rotatable bonds is 4. The number of carbonyl (C=O) groups is 1. The van der Waals surface area contributed by atoms with Crippen LogP contribution in [0.15, 0.2) is 35.8 Å². The largest absolute Gasteiger partial charge is 0.374 e. The van der Waals surface area contributed by atoms with Crippen molar-refractivity contribution in [3.05, 3.63) is 41.5 Å². The molecule has 1 fully saturated rings. The molecular weight excluding hydrogens is 326 g/mol. The molecule has 2 aromatic heterocycles. The van der Waals surface area contributed by atoms with E-state index < -0.39 is 0 Å². The van der Waals surface area contributed by atoms with Gasteiger partial charge in [-0.2, -0.15) is 0 Å². The van der Waals surface area contributed by atoms with Crippen LogP contribution in [0.1, 0.15) is 10.5 Å². The lowest BCUT2D eigenvalue weighted by Crippen LogP contribution is -2.40. The summed E-state index contributed by atoms with van der Waals surface area (Å²) in [4.78, 5) is 12.3. The van der Waals surface area contributed by atoms with E-state index in [2.05, 4.69) is 20.9 Å². The first-order valence-corrected chi connectivity index (χ1v) is 8.67. The molecule has 1 amide bonds. The minimum atomic E-state index is -0.265. The van der Waals surface area contributed by atoms with Crippen LogP contribution in [0.5, 0.6) is 0 Å². The third-order valence-corrected chi connectivity index (χ3v) is 4.77. The summed E-state index contributed by atoms with van der Waals surface area (Å²) in [6.07, 6.45) is 1.70. The number of aromatic nitrogens is 3. The molecule has 1 aromatic carbocycles. The van der Waals surface area contributed by atoms with Crippen LogP contribution in [0, 0.1) is 0 Å². The number of fused-ring (bicyclic) bond motifs is 1. The number of anilines is 1. The molecule has 1 saturated heterocycles.